The second kappa shape index (κ2) is 8.43. The number of carbonyl (C=O) groups is 1. The quantitative estimate of drug-likeness (QED) is 0.662. The Morgan fingerprint density at radius 2 is 2.14 bits per heavy atom. The van der Waals surface area contributed by atoms with Gasteiger partial charge in [0.2, 0.25) is 5.91 Å². The van der Waals surface area contributed by atoms with Crippen molar-refractivity contribution in [3.05, 3.63) is 59.8 Å². The zero-order chi connectivity index (χ0) is 20.2. The normalized spacial score (nSPS) is 16.6. The first kappa shape index (κ1) is 19.1. The van der Waals surface area contributed by atoms with Gasteiger partial charge in [-0.3, -0.25) is 4.79 Å². The van der Waals surface area contributed by atoms with Gasteiger partial charge in [-0.25, -0.2) is 9.97 Å². The maximum atomic E-state index is 12.9. The van der Waals surface area contributed by atoms with Gasteiger partial charge in [0.05, 0.1) is 30.5 Å². The highest BCUT2D eigenvalue weighted by molar-refractivity contribution is 5.79. The third-order valence-corrected chi connectivity index (χ3v) is 5.31. The van der Waals surface area contributed by atoms with Crippen molar-refractivity contribution < 1.29 is 14.1 Å². The maximum absolute atomic E-state index is 12.9. The lowest BCUT2D eigenvalue weighted by Crippen LogP contribution is -2.40. The van der Waals surface area contributed by atoms with E-state index >= 15 is 0 Å². The molecule has 1 fully saturated rings. The Morgan fingerprint density at radius 3 is 2.86 bits per heavy atom. The molecule has 2 aromatic heterocycles. The molecule has 150 valence electrons. The summed E-state index contributed by atoms with van der Waals surface area (Å²) in [6.45, 7) is 3.30. The number of likely N-dealkylation sites (tertiary alicyclic amines) is 1. The molecule has 1 aliphatic rings. The van der Waals surface area contributed by atoms with E-state index in [0.717, 1.165) is 47.7 Å². The maximum Gasteiger partial charge on any atom is 0.227 e. The number of ether oxygens (including phenoxy) is 1. The molecule has 0 radical (unpaired) electrons. The van der Waals surface area contributed by atoms with Crippen LogP contribution in [0.2, 0.25) is 0 Å². The SMILES string of the molecule is COc1ccc(CC(=O)N2CCC[C@@H](c3ncncc3-c3cc(C)no3)C2)cc1. The summed E-state index contributed by atoms with van der Waals surface area (Å²) >= 11 is 0. The van der Waals surface area contributed by atoms with Crippen LogP contribution in [0.3, 0.4) is 0 Å². The van der Waals surface area contributed by atoms with Crippen molar-refractivity contribution in [2.45, 2.75) is 32.1 Å². The smallest absolute Gasteiger partial charge is 0.227 e. The molecule has 0 unspecified atom stereocenters. The van der Waals surface area contributed by atoms with Crippen molar-refractivity contribution >= 4 is 5.91 Å². The number of carbonyl (C=O) groups excluding carboxylic acids is 1. The summed E-state index contributed by atoms with van der Waals surface area (Å²) in [6.07, 6.45) is 5.62. The minimum absolute atomic E-state index is 0.131. The predicted octanol–water partition coefficient (Wildman–Crippen LogP) is 3.40. The molecule has 7 nitrogen and oxygen atoms in total. The second-order valence-electron chi connectivity index (χ2n) is 7.36. The van der Waals surface area contributed by atoms with E-state index in [2.05, 4.69) is 15.1 Å². The summed E-state index contributed by atoms with van der Waals surface area (Å²) in [7, 11) is 1.63. The van der Waals surface area contributed by atoms with Crippen molar-refractivity contribution in [1.29, 1.82) is 0 Å². The summed E-state index contributed by atoms with van der Waals surface area (Å²) < 4.78 is 10.6. The first-order chi connectivity index (χ1) is 14.1. The molecule has 0 bridgehead atoms. The van der Waals surface area contributed by atoms with Crippen molar-refractivity contribution in [2.75, 3.05) is 20.2 Å². The van der Waals surface area contributed by atoms with Gasteiger partial charge in [-0.15, -0.1) is 0 Å². The van der Waals surface area contributed by atoms with Crippen LogP contribution in [0, 0.1) is 6.92 Å². The second-order valence-corrected chi connectivity index (χ2v) is 7.36. The van der Waals surface area contributed by atoms with E-state index in [4.69, 9.17) is 9.26 Å². The molecule has 1 atom stereocenters. The van der Waals surface area contributed by atoms with Gasteiger partial charge in [-0.1, -0.05) is 17.3 Å². The standard InChI is InChI=1S/C22H24N4O3/c1-15-10-20(29-25-15)19-12-23-14-24-22(19)17-4-3-9-26(13-17)21(27)11-16-5-7-18(28-2)8-6-16/h5-8,10,12,14,17H,3-4,9,11,13H2,1-2H3/t17-/m1/s1. The molecule has 0 saturated carbocycles. The monoisotopic (exact) mass is 392 g/mol. The first-order valence-electron chi connectivity index (χ1n) is 9.78. The molecule has 29 heavy (non-hydrogen) atoms. The largest absolute Gasteiger partial charge is 0.497 e. The molecule has 1 aliphatic heterocycles. The number of piperidine rings is 1. The first-order valence-corrected chi connectivity index (χ1v) is 9.78. The van der Waals surface area contributed by atoms with Gasteiger partial charge in [0.1, 0.15) is 12.1 Å². The zero-order valence-electron chi connectivity index (χ0n) is 16.7. The minimum atomic E-state index is 0.131. The van der Waals surface area contributed by atoms with Crippen molar-refractivity contribution in [2.24, 2.45) is 0 Å². The molecule has 3 heterocycles. The number of hydrogen-bond donors (Lipinski definition) is 0. The fourth-order valence-corrected chi connectivity index (χ4v) is 3.80. The van der Waals surface area contributed by atoms with Crippen LogP contribution in [0.15, 0.2) is 47.4 Å². The number of hydrogen-bond acceptors (Lipinski definition) is 6. The minimum Gasteiger partial charge on any atom is -0.497 e. The van der Waals surface area contributed by atoms with Gasteiger partial charge in [0, 0.05) is 31.3 Å². The highest BCUT2D eigenvalue weighted by Gasteiger charge is 2.28. The van der Waals surface area contributed by atoms with Crippen LogP contribution in [-0.2, 0) is 11.2 Å². The summed E-state index contributed by atoms with van der Waals surface area (Å²) in [5.74, 6) is 1.73. The Hall–Kier alpha value is -3.22. The molecular formula is C22H24N4O3. The van der Waals surface area contributed by atoms with E-state index in [0.29, 0.717) is 18.7 Å². The van der Waals surface area contributed by atoms with Crippen molar-refractivity contribution in [1.82, 2.24) is 20.0 Å². The van der Waals surface area contributed by atoms with Gasteiger partial charge in [0.25, 0.3) is 0 Å². The lowest BCUT2D eigenvalue weighted by Gasteiger charge is -2.33. The van der Waals surface area contributed by atoms with Gasteiger partial charge in [-0.2, -0.15) is 0 Å². The van der Waals surface area contributed by atoms with Crippen LogP contribution in [0.4, 0.5) is 0 Å². The molecule has 4 rings (SSSR count). The number of amides is 1. The van der Waals surface area contributed by atoms with Crippen LogP contribution >= 0.6 is 0 Å². The molecule has 0 aliphatic carbocycles. The van der Waals surface area contributed by atoms with Gasteiger partial charge < -0.3 is 14.2 Å². The van der Waals surface area contributed by atoms with E-state index < -0.39 is 0 Å². The van der Waals surface area contributed by atoms with E-state index in [1.165, 1.54) is 0 Å². The Kier molecular flexibility index (Phi) is 5.55. The van der Waals surface area contributed by atoms with E-state index in [9.17, 15) is 4.79 Å². The summed E-state index contributed by atoms with van der Waals surface area (Å²) in [4.78, 5) is 23.5. The van der Waals surface area contributed by atoms with Crippen LogP contribution in [0.25, 0.3) is 11.3 Å². The predicted molar refractivity (Wildman–Crippen MR) is 108 cm³/mol. The van der Waals surface area contributed by atoms with Crippen molar-refractivity contribution in [3.8, 4) is 17.1 Å². The number of nitrogens with zero attached hydrogens (tertiary/aromatic N) is 4. The lowest BCUT2D eigenvalue weighted by atomic mass is 9.91. The highest BCUT2D eigenvalue weighted by Crippen LogP contribution is 2.33. The van der Waals surface area contributed by atoms with Crippen LogP contribution < -0.4 is 4.74 Å². The Bertz CT molecular complexity index is 984. The fraction of sp³-hybridized carbons (Fsp3) is 0.364. The van der Waals surface area contributed by atoms with Crippen molar-refractivity contribution in [3.63, 3.8) is 0 Å². The van der Waals surface area contributed by atoms with Crippen LogP contribution in [0.5, 0.6) is 5.75 Å². The van der Waals surface area contributed by atoms with E-state index in [1.807, 2.05) is 42.2 Å². The Morgan fingerprint density at radius 1 is 1.31 bits per heavy atom. The molecule has 0 N–H and O–H groups in total. The number of rotatable bonds is 5. The van der Waals surface area contributed by atoms with Crippen LogP contribution in [-0.4, -0.2) is 46.1 Å². The summed E-state index contributed by atoms with van der Waals surface area (Å²) in [5, 5.41) is 3.98. The molecule has 0 spiro atoms. The molecule has 1 aromatic carbocycles. The average Bonchev–Trinajstić information content (AvgIpc) is 3.20. The number of benzene rings is 1. The third-order valence-electron chi connectivity index (χ3n) is 5.31. The number of methoxy groups -OCH3 is 1. The molecule has 1 amide bonds. The Balaban J connectivity index is 1.49. The lowest BCUT2D eigenvalue weighted by molar-refractivity contribution is -0.131. The van der Waals surface area contributed by atoms with Crippen LogP contribution in [0.1, 0.15) is 35.7 Å². The highest BCUT2D eigenvalue weighted by atomic mass is 16.5. The molecule has 3 aromatic rings. The van der Waals surface area contributed by atoms with Gasteiger partial charge in [-0.05, 0) is 37.5 Å². The molecular weight excluding hydrogens is 368 g/mol. The molecule has 7 heteroatoms. The molecule has 1 saturated heterocycles. The summed E-state index contributed by atoms with van der Waals surface area (Å²) in [6, 6.07) is 9.53. The van der Waals surface area contributed by atoms with E-state index in [1.54, 1.807) is 19.6 Å². The average molecular weight is 392 g/mol. The summed E-state index contributed by atoms with van der Waals surface area (Å²) in [5.41, 5.74) is 3.56. The number of aromatic nitrogens is 3. The fourth-order valence-electron chi connectivity index (χ4n) is 3.80. The van der Waals surface area contributed by atoms with Gasteiger partial charge in [0.15, 0.2) is 5.76 Å². The van der Waals surface area contributed by atoms with E-state index in [-0.39, 0.29) is 11.8 Å². The third kappa shape index (κ3) is 4.29. The van der Waals surface area contributed by atoms with Gasteiger partial charge >= 0.3 is 0 Å². The Labute approximate surface area is 169 Å². The zero-order valence-corrected chi connectivity index (χ0v) is 16.7. The topological polar surface area (TPSA) is 81.4 Å². The number of aryl methyl sites for hydroxylation is 1.